The monoisotopic (exact) mass is 244 g/mol. The molecule has 1 radical (unpaired) electrons. The Balaban J connectivity index is 2.46. The second kappa shape index (κ2) is 4.04. The van der Waals surface area contributed by atoms with Gasteiger partial charge in [0.1, 0.15) is 6.29 Å². The first-order valence-corrected chi connectivity index (χ1v) is 6.05. The number of carbonyl (C=O) groups excluding carboxylic acids is 1. The van der Waals surface area contributed by atoms with Crippen LogP contribution in [0, 0.1) is 0 Å². The molecule has 18 heavy (non-hydrogen) atoms. The van der Waals surface area contributed by atoms with Gasteiger partial charge in [-0.15, -0.1) is 10.3 Å². The summed E-state index contributed by atoms with van der Waals surface area (Å²) < 4.78 is 0. The van der Waals surface area contributed by atoms with Crippen molar-refractivity contribution in [2.24, 2.45) is 0 Å². The van der Waals surface area contributed by atoms with Gasteiger partial charge in [0.2, 0.25) is 0 Å². The van der Waals surface area contributed by atoms with E-state index in [-0.39, 0.29) is 0 Å². The van der Waals surface area contributed by atoms with Gasteiger partial charge in [-0.1, -0.05) is 30.3 Å². The van der Waals surface area contributed by atoms with Gasteiger partial charge in [0.25, 0.3) is 0 Å². The topological polar surface area (TPSA) is 40.2 Å². The lowest BCUT2D eigenvalue weighted by Crippen LogP contribution is -2.46. The van der Waals surface area contributed by atoms with E-state index < -0.39 is 11.1 Å². The molecule has 1 aromatic rings. The molecule has 0 amide bonds. The SMILES string of the molecule is CC1(C)C=C(c2ccc(C=O)cc2)C(C)(C)N1[O]. The van der Waals surface area contributed by atoms with Gasteiger partial charge in [0, 0.05) is 5.56 Å². The molecule has 0 aromatic heterocycles. The lowest BCUT2D eigenvalue weighted by atomic mass is 9.90. The average molecular weight is 244 g/mol. The zero-order valence-electron chi connectivity index (χ0n) is 11.2. The molecule has 0 bridgehead atoms. The molecule has 1 aliphatic rings. The zero-order chi connectivity index (χ0) is 13.6. The number of hydrogen-bond donors (Lipinski definition) is 0. The molecule has 0 unspecified atom stereocenters. The molecule has 1 aliphatic heterocycles. The summed E-state index contributed by atoms with van der Waals surface area (Å²) >= 11 is 0. The van der Waals surface area contributed by atoms with Crippen molar-refractivity contribution in [1.82, 2.24) is 5.06 Å². The third kappa shape index (κ3) is 1.89. The molecule has 0 saturated heterocycles. The Hall–Kier alpha value is -1.45. The van der Waals surface area contributed by atoms with E-state index in [1.807, 2.05) is 45.9 Å². The molecule has 95 valence electrons. The zero-order valence-corrected chi connectivity index (χ0v) is 11.2. The minimum atomic E-state index is -0.549. The Morgan fingerprint density at radius 3 is 2.00 bits per heavy atom. The van der Waals surface area contributed by atoms with Crippen LogP contribution < -0.4 is 0 Å². The second-order valence-corrected chi connectivity index (χ2v) is 5.80. The largest absolute Gasteiger partial charge is 0.298 e. The van der Waals surface area contributed by atoms with Crippen LogP contribution in [-0.4, -0.2) is 22.4 Å². The molecule has 0 fully saturated rings. The second-order valence-electron chi connectivity index (χ2n) is 5.80. The number of hydroxylamine groups is 2. The van der Waals surface area contributed by atoms with E-state index in [1.165, 1.54) is 0 Å². The summed E-state index contributed by atoms with van der Waals surface area (Å²) in [5.74, 6) is 0. The molecule has 2 rings (SSSR count). The maximum Gasteiger partial charge on any atom is 0.150 e. The predicted octanol–water partition coefficient (Wildman–Crippen LogP) is 3.10. The van der Waals surface area contributed by atoms with Crippen LogP contribution >= 0.6 is 0 Å². The molecule has 3 heteroatoms. The Bertz CT molecular complexity index is 498. The highest BCUT2D eigenvalue weighted by Crippen LogP contribution is 2.43. The number of benzene rings is 1. The van der Waals surface area contributed by atoms with Gasteiger partial charge >= 0.3 is 0 Å². The van der Waals surface area contributed by atoms with Crippen molar-refractivity contribution < 1.29 is 10.0 Å². The lowest BCUT2D eigenvalue weighted by Gasteiger charge is -2.34. The van der Waals surface area contributed by atoms with E-state index >= 15 is 0 Å². The van der Waals surface area contributed by atoms with E-state index in [4.69, 9.17) is 0 Å². The van der Waals surface area contributed by atoms with Crippen LogP contribution in [0.25, 0.3) is 5.57 Å². The Morgan fingerprint density at radius 2 is 1.61 bits per heavy atom. The van der Waals surface area contributed by atoms with Gasteiger partial charge in [-0.2, -0.15) is 0 Å². The molecule has 3 nitrogen and oxygen atoms in total. The highest BCUT2D eigenvalue weighted by molar-refractivity contribution is 5.79. The molecule has 0 atom stereocenters. The van der Waals surface area contributed by atoms with Gasteiger partial charge in [-0.25, -0.2) is 0 Å². The molecule has 1 aromatic carbocycles. The number of hydrogen-bond acceptors (Lipinski definition) is 2. The first-order valence-electron chi connectivity index (χ1n) is 6.05. The normalized spacial score (nSPS) is 21.7. The van der Waals surface area contributed by atoms with E-state index in [0.717, 1.165) is 22.5 Å². The fourth-order valence-corrected chi connectivity index (χ4v) is 2.60. The van der Waals surface area contributed by atoms with Crippen LogP contribution in [0.3, 0.4) is 0 Å². The van der Waals surface area contributed by atoms with E-state index in [2.05, 4.69) is 0 Å². The minimum absolute atomic E-state index is 0.498. The predicted molar refractivity (Wildman–Crippen MR) is 70.5 cm³/mol. The van der Waals surface area contributed by atoms with Gasteiger partial charge in [0.15, 0.2) is 0 Å². The van der Waals surface area contributed by atoms with Gasteiger partial charge in [-0.05, 0) is 38.8 Å². The first-order chi connectivity index (χ1) is 8.29. The minimum Gasteiger partial charge on any atom is -0.298 e. The van der Waals surface area contributed by atoms with Crippen LogP contribution in [0.15, 0.2) is 30.3 Å². The molecule has 0 N–H and O–H groups in total. The Labute approximate surface area is 108 Å². The fraction of sp³-hybridized carbons (Fsp3) is 0.400. The van der Waals surface area contributed by atoms with Crippen LogP contribution in [0.1, 0.15) is 43.6 Å². The first kappa shape index (κ1) is 13.0. The summed E-state index contributed by atoms with van der Waals surface area (Å²) in [5.41, 5.74) is 1.61. The number of aldehydes is 1. The van der Waals surface area contributed by atoms with Crippen molar-refractivity contribution in [2.75, 3.05) is 0 Å². The lowest BCUT2D eigenvalue weighted by molar-refractivity contribution is -0.234. The molecule has 0 aliphatic carbocycles. The summed E-state index contributed by atoms with van der Waals surface area (Å²) in [6.07, 6.45) is 2.83. The highest BCUT2D eigenvalue weighted by atomic mass is 16.5. The van der Waals surface area contributed by atoms with Crippen molar-refractivity contribution in [3.8, 4) is 0 Å². The van der Waals surface area contributed by atoms with Crippen LogP contribution in [0.5, 0.6) is 0 Å². The third-order valence-corrected chi connectivity index (χ3v) is 3.55. The van der Waals surface area contributed by atoms with Crippen molar-refractivity contribution >= 4 is 11.9 Å². The molecule has 0 spiro atoms. The van der Waals surface area contributed by atoms with Crippen molar-refractivity contribution in [3.05, 3.63) is 41.5 Å². The standard InChI is InChI=1S/C15H18NO2/c1-14(2)9-13(15(3,4)16(14)18)12-7-5-11(10-17)6-8-12/h5-10H,1-4H3. The summed E-state index contributed by atoms with van der Waals surface area (Å²) in [7, 11) is 0. The summed E-state index contributed by atoms with van der Waals surface area (Å²) in [4.78, 5) is 10.6. The third-order valence-electron chi connectivity index (χ3n) is 3.55. The highest BCUT2D eigenvalue weighted by Gasteiger charge is 2.46. The number of rotatable bonds is 2. The van der Waals surface area contributed by atoms with E-state index in [9.17, 15) is 10.0 Å². The average Bonchev–Trinajstić information content (AvgIpc) is 2.50. The smallest absolute Gasteiger partial charge is 0.150 e. The van der Waals surface area contributed by atoms with Crippen LogP contribution in [0.2, 0.25) is 0 Å². The maximum absolute atomic E-state index is 12.3. The molecule has 0 saturated carbocycles. The Kier molecular flexibility index (Phi) is 2.92. The maximum atomic E-state index is 12.3. The van der Waals surface area contributed by atoms with Crippen molar-refractivity contribution in [2.45, 2.75) is 38.8 Å². The van der Waals surface area contributed by atoms with Gasteiger partial charge < -0.3 is 0 Å². The fourth-order valence-electron chi connectivity index (χ4n) is 2.60. The Morgan fingerprint density at radius 1 is 1.06 bits per heavy atom. The van der Waals surface area contributed by atoms with Crippen LogP contribution in [-0.2, 0) is 5.21 Å². The summed E-state index contributed by atoms with van der Waals surface area (Å²) in [5, 5.41) is 13.4. The molecule has 1 heterocycles. The van der Waals surface area contributed by atoms with Crippen molar-refractivity contribution in [3.63, 3.8) is 0 Å². The quantitative estimate of drug-likeness (QED) is 0.750. The van der Waals surface area contributed by atoms with Crippen molar-refractivity contribution in [1.29, 1.82) is 0 Å². The van der Waals surface area contributed by atoms with Gasteiger partial charge in [0.05, 0.1) is 11.1 Å². The summed E-state index contributed by atoms with van der Waals surface area (Å²) in [6, 6.07) is 7.35. The molecular formula is C15H18NO2. The molecular weight excluding hydrogens is 226 g/mol. The van der Waals surface area contributed by atoms with E-state index in [0.29, 0.717) is 5.56 Å². The number of nitrogens with zero attached hydrogens (tertiary/aromatic N) is 1. The van der Waals surface area contributed by atoms with E-state index in [1.54, 1.807) is 12.1 Å². The number of carbonyl (C=O) groups is 1. The van der Waals surface area contributed by atoms with Crippen LogP contribution in [0.4, 0.5) is 0 Å². The summed E-state index contributed by atoms with van der Waals surface area (Å²) in [6.45, 7) is 7.67. The van der Waals surface area contributed by atoms with Gasteiger partial charge in [-0.3, -0.25) is 4.79 Å².